The predicted octanol–water partition coefficient (Wildman–Crippen LogP) is 4.20. The van der Waals surface area contributed by atoms with Crippen molar-refractivity contribution in [2.45, 2.75) is 19.4 Å². The monoisotopic (exact) mass is 527 g/mol. The standard InChI is InChI=1S/C25H27BrFN5O2/c26-20-3-1-18(2-4-20)24-28-23(34-29-24)17-30-11-9-19(10-12-30)25(33)32-15-13-31(14-16-32)22-7-5-21(27)6-8-22/h1-8,19H,9-17H2. The molecule has 2 aromatic carbocycles. The number of nitrogens with zero attached hydrogens (tertiary/aromatic N) is 5. The molecule has 9 heteroatoms. The minimum atomic E-state index is -0.229. The van der Waals surface area contributed by atoms with Crippen molar-refractivity contribution in [2.24, 2.45) is 5.92 Å². The van der Waals surface area contributed by atoms with Crippen molar-refractivity contribution in [3.63, 3.8) is 0 Å². The second-order valence-corrected chi connectivity index (χ2v) is 9.77. The fraction of sp³-hybridized carbons (Fsp3) is 0.400. The van der Waals surface area contributed by atoms with Gasteiger partial charge in [-0.25, -0.2) is 4.39 Å². The number of piperazine rings is 1. The summed E-state index contributed by atoms with van der Waals surface area (Å²) in [5, 5.41) is 4.11. The van der Waals surface area contributed by atoms with Crippen LogP contribution in [0.2, 0.25) is 0 Å². The van der Waals surface area contributed by atoms with E-state index in [0.29, 0.717) is 31.3 Å². The molecule has 3 aromatic rings. The molecule has 0 atom stereocenters. The van der Waals surface area contributed by atoms with Gasteiger partial charge >= 0.3 is 0 Å². The first-order valence-electron chi connectivity index (χ1n) is 11.7. The van der Waals surface area contributed by atoms with Crippen molar-refractivity contribution in [1.82, 2.24) is 19.9 Å². The molecule has 2 fully saturated rings. The molecule has 0 bridgehead atoms. The first kappa shape index (κ1) is 23.0. The quantitative estimate of drug-likeness (QED) is 0.495. The zero-order chi connectivity index (χ0) is 23.5. The number of carbonyl (C=O) groups is 1. The number of rotatable bonds is 5. The molecule has 1 amide bonds. The van der Waals surface area contributed by atoms with Gasteiger partial charge in [0.15, 0.2) is 0 Å². The highest BCUT2D eigenvalue weighted by atomic mass is 79.9. The fourth-order valence-corrected chi connectivity index (χ4v) is 4.92. The number of likely N-dealkylation sites (tertiary alicyclic amines) is 1. The van der Waals surface area contributed by atoms with Crippen molar-refractivity contribution in [2.75, 3.05) is 44.2 Å². The first-order chi connectivity index (χ1) is 16.5. The van der Waals surface area contributed by atoms with Crippen LogP contribution < -0.4 is 4.90 Å². The van der Waals surface area contributed by atoms with E-state index in [1.165, 1.54) is 12.1 Å². The first-order valence-corrected chi connectivity index (χ1v) is 12.4. The maximum atomic E-state index is 13.2. The van der Waals surface area contributed by atoms with E-state index in [0.717, 1.165) is 54.7 Å². The van der Waals surface area contributed by atoms with E-state index in [2.05, 4.69) is 35.9 Å². The van der Waals surface area contributed by atoms with E-state index < -0.39 is 0 Å². The van der Waals surface area contributed by atoms with Crippen LogP contribution in [-0.4, -0.2) is 65.1 Å². The SMILES string of the molecule is O=C(C1CCN(Cc2nc(-c3ccc(Br)cc3)no2)CC1)N1CCN(c2ccc(F)cc2)CC1. The molecule has 1 aromatic heterocycles. The molecule has 178 valence electrons. The van der Waals surface area contributed by atoms with E-state index >= 15 is 0 Å². The van der Waals surface area contributed by atoms with Crippen LogP contribution in [0.4, 0.5) is 10.1 Å². The third-order valence-electron chi connectivity index (χ3n) is 6.65. The molecule has 2 aliphatic rings. The Hall–Kier alpha value is -2.78. The summed E-state index contributed by atoms with van der Waals surface area (Å²) < 4.78 is 19.6. The Labute approximate surface area is 206 Å². The lowest BCUT2D eigenvalue weighted by molar-refractivity contribution is -0.137. The third-order valence-corrected chi connectivity index (χ3v) is 7.18. The molecule has 0 radical (unpaired) electrons. The number of aromatic nitrogens is 2. The van der Waals surface area contributed by atoms with Gasteiger partial charge in [-0.1, -0.05) is 21.1 Å². The minimum Gasteiger partial charge on any atom is -0.368 e. The molecule has 34 heavy (non-hydrogen) atoms. The molecule has 0 unspecified atom stereocenters. The van der Waals surface area contributed by atoms with Crippen LogP contribution in [0.5, 0.6) is 0 Å². The van der Waals surface area contributed by atoms with Gasteiger partial charge in [0, 0.05) is 47.8 Å². The van der Waals surface area contributed by atoms with Crippen molar-refractivity contribution >= 4 is 27.5 Å². The molecule has 3 heterocycles. The molecule has 0 saturated carbocycles. The van der Waals surface area contributed by atoms with E-state index in [1.54, 1.807) is 12.1 Å². The summed E-state index contributed by atoms with van der Waals surface area (Å²) in [5.74, 6) is 1.28. The minimum absolute atomic E-state index is 0.0645. The van der Waals surface area contributed by atoms with Gasteiger partial charge in [-0.05, 0) is 74.5 Å². The summed E-state index contributed by atoms with van der Waals surface area (Å²) in [7, 11) is 0. The van der Waals surface area contributed by atoms with E-state index in [1.807, 2.05) is 29.2 Å². The van der Waals surface area contributed by atoms with Crippen LogP contribution in [-0.2, 0) is 11.3 Å². The molecule has 7 nitrogen and oxygen atoms in total. The van der Waals surface area contributed by atoms with Crippen LogP contribution in [0.3, 0.4) is 0 Å². The van der Waals surface area contributed by atoms with Gasteiger partial charge in [0.05, 0.1) is 6.54 Å². The van der Waals surface area contributed by atoms with E-state index in [9.17, 15) is 9.18 Å². The van der Waals surface area contributed by atoms with Gasteiger partial charge in [0.1, 0.15) is 5.82 Å². The number of anilines is 1. The number of hydrogen-bond donors (Lipinski definition) is 0. The second kappa shape index (κ2) is 10.2. The maximum Gasteiger partial charge on any atom is 0.241 e. The molecular formula is C25H27BrFN5O2. The Morgan fingerprint density at radius 2 is 1.65 bits per heavy atom. The normalized spacial score (nSPS) is 17.8. The van der Waals surface area contributed by atoms with Crippen LogP contribution in [0.1, 0.15) is 18.7 Å². The lowest BCUT2D eigenvalue weighted by atomic mass is 9.95. The van der Waals surface area contributed by atoms with Crippen molar-refractivity contribution in [3.8, 4) is 11.4 Å². The Balaban J connectivity index is 1.09. The Morgan fingerprint density at radius 1 is 0.971 bits per heavy atom. The average molecular weight is 528 g/mol. The van der Waals surface area contributed by atoms with Gasteiger partial charge in [-0.2, -0.15) is 4.98 Å². The summed E-state index contributed by atoms with van der Waals surface area (Å²) in [6.45, 7) is 5.22. The Bertz CT molecular complexity index is 1110. The molecule has 2 aliphatic heterocycles. The Morgan fingerprint density at radius 3 is 2.32 bits per heavy atom. The topological polar surface area (TPSA) is 65.7 Å². The maximum absolute atomic E-state index is 13.2. The van der Waals surface area contributed by atoms with Crippen LogP contribution in [0.25, 0.3) is 11.4 Å². The molecule has 5 rings (SSSR count). The Kier molecular flexibility index (Phi) is 6.92. The van der Waals surface area contributed by atoms with Crippen molar-refractivity contribution in [1.29, 1.82) is 0 Å². The van der Waals surface area contributed by atoms with Crippen LogP contribution in [0.15, 0.2) is 57.5 Å². The highest BCUT2D eigenvalue weighted by Gasteiger charge is 2.31. The average Bonchev–Trinajstić information content (AvgIpc) is 3.33. The molecular weight excluding hydrogens is 501 g/mol. The van der Waals surface area contributed by atoms with Gasteiger partial charge in [0.25, 0.3) is 0 Å². The van der Waals surface area contributed by atoms with Crippen LogP contribution in [0, 0.1) is 11.7 Å². The van der Waals surface area contributed by atoms with E-state index in [-0.39, 0.29) is 17.6 Å². The second-order valence-electron chi connectivity index (χ2n) is 8.86. The zero-order valence-corrected chi connectivity index (χ0v) is 20.5. The molecule has 0 spiro atoms. The van der Waals surface area contributed by atoms with Gasteiger partial charge < -0.3 is 14.3 Å². The summed E-state index contributed by atoms with van der Waals surface area (Å²) in [4.78, 5) is 24.1. The highest BCUT2D eigenvalue weighted by molar-refractivity contribution is 9.10. The van der Waals surface area contributed by atoms with Gasteiger partial charge in [0.2, 0.25) is 17.6 Å². The van der Waals surface area contributed by atoms with Gasteiger partial charge in [-0.3, -0.25) is 9.69 Å². The molecule has 2 saturated heterocycles. The van der Waals surface area contributed by atoms with Crippen LogP contribution >= 0.6 is 15.9 Å². The summed E-state index contributed by atoms with van der Waals surface area (Å²) in [6, 6.07) is 14.4. The summed E-state index contributed by atoms with van der Waals surface area (Å²) in [6.07, 6.45) is 1.68. The lowest BCUT2D eigenvalue weighted by Crippen LogP contribution is -2.51. The lowest BCUT2D eigenvalue weighted by Gasteiger charge is -2.39. The summed E-state index contributed by atoms with van der Waals surface area (Å²) in [5.41, 5.74) is 1.92. The number of carbonyl (C=O) groups excluding carboxylic acids is 1. The third kappa shape index (κ3) is 5.31. The number of hydrogen-bond acceptors (Lipinski definition) is 6. The largest absolute Gasteiger partial charge is 0.368 e. The number of piperidine rings is 1. The molecule has 0 aliphatic carbocycles. The number of halogens is 2. The fourth-order valence-electron chi connectivity index (χ4n) is 4.66. The smallest absolute Gasteiger partial charge is 0.241 e. The number of benzene rings is 2. The highest BCUT2D eigenvalue weighted by Crippen LogP contribution is 2.24. The molecule has 0 N–H and O–H groups in total. The predicted molar refractivity (Wildman–Crippen MR) is 131 cm³/mol. The van der Waals surface area contributed by atoms with Crippen molar-refractivity contribution in [3.05, 3.63) is 64.7 Å². The van der Waals surface area contributed by atoms with E-state index in [4.69, 9.17) is 4.52 Å². The summed E-state index contributed by atoms with van der Waals surface area (Å²) >= 11 is 3.43. The zero-order valence-electron chi connectivity index (χ0n) is 18.9. The number of amides is 1. The van der Waals surface area contributed by atoms with Gasteiger partial charge in [-0.15, -0.1) is 0 Å². The van der Waals surface area contributed by atoms with Crippen molar-refractivity contribution < 1.29 is 13.7 Å².